The van der Waals surface area contributed by atoms with Crippen LogP contribution in [0.25, 0.3) is 0 Å². The van der Waals surface area contributed by atoms with E-state index in [2.05, 4.69) is 11.9 Å². The van der Waals surface area contributed by atoms with E-state index in [0.29, 0.717) is 28.6 Å². The van der Waals surface area contributed by atoms with Crippen LogP contribution in [0.5, 0.6) is 11.5 Å². The van der Waals surface area contributed by atoms with Gasteiger partial charge in [0.1, 0.15) is 0 Å². The topological polar surface area (TPSA) is 47.6 Å². The molecule has 0 saturated heterocycles. The van der Waals surface area contributed by atoms with Crippen molar-refractivity contribution in [1.82, 2.24) is 5.32 Å². The summed E-state index contributed by atoms with van der Waals surface area (Å²) in [5.41, 5.74) is 0.416. The SMILES string of the molecule is C=CCNC(=O)c1cc(Cl)c(OC(C)C)c(OC)c1. The van der Waals surface area contributed by atoms with Gasteiger partial charge in [0.15, 0.2) is 11.5 Å². The molecule has 4 nitrogen and oxygen atoms in total. The molecule has 1 aromatic rings. The van der Waals surface area contributed by atoms with Crippen LogP contribution in [0.1, 0.15) is 24.2 Å². The van der Waals surface area contributed by atoms with Crippen molar-refractivity contribution in [2.75, 3.05) is 13.7 Å². The Kier molecular flexibility index (Phi) is 5.70. The minimum absolute atomic E-state index is 0.0353. The summed E-state index contributed by atoms with van der Waals surface area (Å²) in [6.07, 6.45) is 1.57. The van der Waals surface area contributed by atoms with Crippen LogP contribution < -0.4 is 14.8 Å². The Morgan fingerprint density at radius 1 is 1.53 bits per heavy atom. The summed E-state index contributed by atoms with van der Waals surface area (Å²) in [6.45, 7) is 7.71. The number of rotatable bonds is 6. The minimum Gasteiger partial charge on any atom is -0.493 e. The number of ether oxygens (including phenoxy) is 2. The smallest absolute Gasteiger partial charge is 0.251 e. The zero-order valence-corrected chi connectivity index (χ0v) is 12.1. The summed E-state index contributed by atoms with van der Waals surface area (Å²) in [7, 11) is 1.50. The molecule has 0 heterocycles. The van der Waals surface area contributed by atoms with Crippen LogP contribution in [-0.4, -0.2) is 25.7 Å². The average Bonchev–Trinajstić information content (AvgIpc) is 2.37. The molecule has 1 N–H and O–H groups in total. The third-order valence-corrected chi connectivity index (χ3v) is 2.53. The van der Waals surface area contributed by atoms with Crippen molar-refractivity contribution in [3.8, 4) is 11.5 Å². The quantitative estimate of drug-likeness (QED) is 0.816. The molecule has 0 radical (unpaired) electrons. The van der Waals surface area contributed by atoms with Crippen LogP contribution in [0.4, 0.5) is 0 Å². The van der Waals surface area contributed by atoms with E-state index in [1.807, 2.05) is 13.8 Å². The van der Waals surface area contributed by atoms with Gasteiger partial charge in [0, 0.05) is 12.1 Å². The van der Waals surface area contributed by atoms with Gasteiger partial charge in [-0.2, -0.15) is 0 Å². The Morgan fingerprint density at radius 2 is 2.21 bits per heavy atom. The highest BCUT2D eigenvalue weighted by molar-refractivity contribution is 6.32. The third-order valence-electron chi connectivity index (χ3n) is 2.25. The van der Waals surface area contributed by atoms with Gasteiger partial charge >= 0.3 is 0 Å². The highest BCUT2D eigenvalue weighted by atomic mass is 35.5. The average molecular weight is 284 g/mol. The monoisotopic (exact) mass is 283 g/mol. The van der Waals surface area contributed by atoms with E-state index in [-0.39, 0.29) is 12.0 Å². The molecule has 1 amide bonds. The van der Waals surface area contributed by atoms with Gasteiger partial charge in [0.25, 0.3) is 5.91 Å². The first-order chi connectivity index (χ1) is 8.99. The molecular formula is C14H18ClNO3. The van der Waals surface area contributed by atoms with Gasteiger partial charge in [0.05, 0.1) is 18.2 Å². The summed E-state index contributed by atoms with van der Waals surface area (Å²) in [6, 6.07) is 3.15. The number of nitrogens with one attached hydrogen (secondary N) is 1. The summed E-state index contributed by atoms with van der Waals surface area (Å²) in [5.74, 6) is 0.639. The van der Waals surface area contributed by atoms with E-state index in [1.165, 1.54) is 7.11 Å². The summed E-state index contributed by atoms with van der Waals surface area (Å²) < 4.78 is 10.8. The van der Waals surface area contributed by atoms with Crippen molar-refractivity contribution in [3.05, 3.63) is 35.4 Å². The molecule has 0 unspecified atom stereocenters. The van der Waals surface area contributed by atoms with E-state index in [0.717, 1.165) is 0 Å². The highest BCUT2D eigenvalue weighted by Crippen LogP contribution is 2.37. The normalized spacial score (nSPS) is 10.2. The maximum atomic E-state index is 11.8. The van der Waals surface area contributed by atoms with Crippen molar-refractivity contribution in [1.29, 1.82) is 0 Å². The number of methoxy groups -OCH3 is 1. The molecule has 1 rings (SSSR count). The molecule has 0 aliphatic rings. The zero-order chi connectivity index (χ0) is 14.4. The van der Waals surface area contributed by atoms with E-state index in [9.17, 15) is 4.79 Å². The summed E-state index contributed by atoms with van der Waals surface area (Å²) >= 11 is 6.13. The molecule has 0 spiro atoms. The minimum atomic E-state index is -0.240. The number of hydrogen-bond acceptors (Lipinski definition) is 3. The molecule has 0 bridgehead atoms. The fourth-order valence-corrected chi connectivity index (χ4v) is 1.72. The van der Waals surface area contributed by atoms with E-state index < -0.39 is 0 Å². The van der Waals surface area contributed by atoms with Crippen molar-refractivity contribution < 1.29 is 14.3 Å². The number of hydrogen-bond donors (Lipinski definition) is 1. The second-order valence-corrected chi connectivity index (χ2v) is 4.56. The lowest BCUT2D eigenvalue weighted by atomic mass is 10.2. The standard InChI is InChI=1S/C14H18ClNO3/c1-5-6-16-14(17)10-7-11(15)13(19-9(2)3)12(8-10)18-4/h5,7-9H,1,6H2,2-4H3,(H,16,17). The number of carbonyl (C=O) groups excluding carboxylic acids is 1. The number of benzene rings is 1. The molecule has 0 atom stereocenters. The molecule has 1 aromatic carbocycles. The second kappa shape index (κ2) is 7.04. The zero-order valence-electron chi connectivity index (χ0n) is 11.3. The van der Waals surface area contributed by atoms with Gasteiger partial charge in [-0.3, -0.25) is 4.79 Å². The van der Waals surface area contributed by atoms with Crippen LogP contribution in [0.15, 0.2) is 24.8 Å². The maximum absolute atomic E-state index is 11.8. The first-order valence-electron chi connectivity index (χ1n) is 5.92. The van der Waals surface area contributed by atoms with Crippen molar-refractivity contribution in [3.63, 3.8) is 0 Å². The lowest BCUT2D eigenvalue weighted by Gasteiger charge is -2.16. The predicted octanol–water partition coefficient (Wildman–Crippen LogP) is 3.05. The summed E-state index contributed by atoms with van der Waals surface area (Å²) in [5, 5.41) is 3.02. The third kappa shape index (κ3) is 4.17. The van der Waals surface area contributed by atoms with Gasteiger partial charge in [0.2, 0.25) is 0 Å². The van der Waals surface area contributed by atoms with E-state index >= 15 is 0 Å². The lowest BCUT2D eigenvalue weighted by molar-refractivity contribution is 0.0957. The first-order valence-corrected chi connectivity index (χ1v) is 6.30. The Balaban J connectivity index is 3.08. The Bertz CT molecular complexity index is 472. The molecule has 104 valence electrons. The second-order valence-electron chi connectivity index (χ2n) is 4.15. The van der Waals surface area contributed by atoms with Gasteiger partial charge in [-0.25, -0.2) is 0 Å². The molecular weight excluding hydrogens is 266 g/mol. The van der Waals surface area contributed by atoms with Crippen molar-refractivity contribution in [2.45, 2.75) is 20.0 Å². The molecule has 5 heteroatoms. The highest BCUT2D eigenvalue weighted by Gasteiger charge is 2.16. The van der Waals surface area contributed by atoms with Crippen LogP contribution in [0.2, 0.25) is 5.02 Å². The first kappa shape index (κ1) is 15.4. The van der Waals surface area contributed by atoms with Crippen LogP contribution >= 0.6 is 11.6 Å². The lowest BCUT2D eigenvalue weighted by Crippen LogP contribution is -2.23. The molecule has 19 heavy (non-hydrogen) atoms. The molecule has 0 saturated carbocycles. The van der Waals surface area contributed by atoms with Gasteiger partial charge in [-0.1, -0.05) is 17.7 Å². The van der Waals surface area contributed by atoms with E-state index in [1.54, 1.807) is 18.2 Å². The van der Waals surface area contributed by atoms with Crippen LogP contribution in [0, 0.1) is 0 Å². The fraction of sp³-hybridized carbons (Fsp3) is 0.357. The number of halogens is 1. The predicted molar refractivity (Wildman–Crippen MR) is 76.3 cm³/mol. The number of carbonyl (C=O) groups is 1. The van der Waals surface area contributed by atoms with Crippen molar-refractivity contribution >= 4 is 17.5 Å². The van der Waals surface area contributed by atoms with Crippen LogP contribution in [0.3, 0.4) is 0 Å². The van der Waals surface area contributed by atoms with Gasteiger partial charge < -0.3 is 14.8 Å². The van der Waals surface area contributed by atoms with Crippen LogP contribution in [-0.2, 0) is 0 Å². The maximum Gasteiger partial charge on any atom is 0.251 e. The molecule has 0 fully saturated rings. The Morgan fingerprint density at radius 3 is 2.74 bits per heavy atom. The molecule has 0 aromatic heterocycles. The Hall–Kier alpha value is -1.68. The molecule has 0 aliphatic carbocycles. The van der Waals surface area contributed by atoms with Gasteiger partial charge in [-0.15, -0.1) is 6.58 Å². The summed E-state index contributed by atoms with van der Waals surface area (Å²) in [4.78, 5) is 11.8. The van der Waals surface area contributed by atoms with Crippen molar-refractivity contribution in [2.24, 2.45) is 0 Å². The fourth-order valence-electron chi connectivity index (χ4n) is 1.47. The molecule has 0 aliphatic heterocycles. The number of amides is 1. The van der Waals surface area contributed by atoms with Gasteiger partial charge in [-0.05, 0) is 26.0 Å². The Labute approximate surface area is 118 Å². The largest absolute Gasteiger partial charge is 0.493 e. The van der Waals surface area contributed by atoms with E-state index in [4.69, 9.17) is 21.1 Å².